The summed E-state index contributed by atoms with van der Waals surface area (Å²) < 4.78 is 7.49. The summed E-state index contributed by atoms with van der Waals surface area (Å²) in [4.78, 5) is 28.5. The molecule has 1 saturated heterocycles. The van der Waals surface area contributed by atoms with Gasteiger partial charge in [0.15, 0.2) is 11.6 Å². The number of nitrogens with zero attached hydrogens (tertiary/aromatic N) is 5. The highest BCUT2D eigenvalue weighted by atomic mass is 16.5. The Morgan fingerprint density at radius 3 is 2.66 bits per heavy atom. The summed E-state index contributed by atoms with van der Waals surface area (Å²) in [5.41, 5.74) is 1.72. The van der Waals surface area contributed by atoms with Crippen LogP contribution in [0.15, 0.2) is 24.3 Å². The van der Waals surface area contributed by atoms with Crippen LogP contribution >= 0.6 is 0 Å². The highest BCUT2D eigenvalue weighted by Gasteiger charge is 2.34. The predicted molar refractivity (Wildman–Crippen MR) is 106 cm³/mol. The van der Waals surface area contributed by atoms with Crippen LogP contribution in [0.3, 0.4) is 0 Å². The molecule has 2 aliphatic rings. The minimum absolute atomic E-state index is 0.00464. The number of aromatic nitrogens is 3. The van der Waals surface area contributed by atoms with Gasteiger partial charge >= 0.3 is 0 Å². The normalized spacial score (nSPS) is 18.8. The molecule has 8 heteroatoms. The van der Waals surface area contributed by atoms with E-state index in [1.54, 1.807) is 6.92 Å². The second-order valence-electron chi connectivity index (χ2n) is 7.56. The van der Waals surface area contributed by atoms with Crippen molar-refractivity contribution in [1.29, 1.82) is 0 Å². The summed E-state index contributed by atoms with van der Waals surface area (Å²) in [5, 5.41) is 8.72. The number of carbonyl (C=O) groups is 2. The molecule has 2 aliphatic heterocycles. The number of hydrogen-bond donors (Lipinski definition) is 0. The van der Waals surface area contributed by atoms with E-state index in [4.69, 9.17) is 4.74 Å². The lowest BCUT2D eigenvalue weighted by atomic mass is 10.1. The fourth-order valence-corrected chi connectivity index (χ4v) is 4.16. The van der Waals surface area contributed by atoms with Crippen molar-refractivity contribution in [3.8, 4) is 0 Å². The van der Waals surface area contributed by atoms with Crippen LogP contribution in [0.5, 0.6) is 0 Å². The quantitative estimate of drug-likeness (QED) is 0.772. The fourth-order valence-electron chi connectivity index (χ4n) is 4.16. The van der Waals surface area contributed by atoms with Gasteiger partial charge in [-0.2, -0.15) is 0 Å². The largest absolute Gasteiger partial charge is 0.377 e. The van der Waals surface area contributed by atoms with Crippen molar-refractivity contribution < 1.29 is 14.3 Å². The summed E-state index contributed by atoms with van der Waals surface area (Å²) in [6.45, 7) is 7.24. The van der Waals surface area contributed by atoms with Crippen molar-refractivity contribution in [2.75, 3.05) is 19.7 Å². The molecule has 29 heavy (non-hydrogen) atoms. The number of benzene rings is 1. The molecule has 1 unspecified atom stereocenters. The lowest BCUT2D eigenvalue weighted by Gasteiger charge is -2.30. The molecule has 0 spiro atoms. The molecule has 0 N–H and O–H groups in total. The Morgan fingerprint density at radius 1 is 1.14 bits per heavy atom. The van der Waals surface area contributed by atoms with Crippen LogP contribution in [0.1, 0.15) is 60.3 Å². The predicted octanol–water partition coefficient (Wildman–Crippen LogP) is 2.15. The van der Waals surface area contributed by atoms with Gasteiger partial charge in [0, 0.05) is 38.7 Å². The topological polar surface area (TPSA) is 80.6 Å². The lowest BCUT2D eigenvalue weighted by Crippen LogP contribution is -2.39. The van der Waals surface area contributed by atoms with Crippen LogP contribution in [0.25, 0.3) is 0 Å². The van der Waals surface area contributed by atoms with E-state index in [0.717, 1.165) is 36.6 Å². The SMILES string of the molecule is CCOCc1ccc(C(=O)N2CCn3c(nnc3C3CCCN3C(C)=O)C2)cc1. The molecule has 0 saturated carbocycles. The number of fused-ring (bicyclic) bond motifs is 1. The minimum atomic E-state index is -0.00566. The van der Waals surface area contributed by atoms with Gasteiger partial charge in [-0.1, -0.05) is 12.1 Å². The van der Waals surface area contributed by atoms with E-state index >= 15 is 0 Å². The standard InChI is InChI=1S/C21H27N5O3/c1-3-29-14-16-6-8-17(9-7-16)21(28)24-11-12-26-19(13-24)22-23-20(26)18-5-4-10-25(18)15(2)27/h6-9,18H,3-5,10-14H2,1-2H3. The number of carbonyl (C=O) groups excluding carboxylic acids is 2. The Kier molecular flexibility index (Phi) is 5.62. The second kappa shape index (κ2) is 8.32. The van der Waals surface area contributed by atoms with Gasteiger partial charge in [0.1, 0.15) is 0 Å². The third-order valence-electron chi connectivity index (χ3n) is 5.70. The minimum Gasteiger partial charge on any atom is -0.377 e. The molecule has 1 aromatic heterocycles. The average Bonchev–Trinajstić information content (AvgIpc) is 3.38. The molecule has 154 valence electrons. The molecule has 0 radical (unpaired) electrons. The molecule has 1 aromatic carbocycles. The van der Waals surface area contributed by atoms with Crippen LogP contribution in [0.2, 0.25) is 0 Å². The zero-order chi connectivity index (χ0) is 20.4. The van der Waals surface area contributed by atoms with E-state index in [-0.39, 0.29) is 17.9 Å². The fraction of sp³-hybridized carbons (Fsp3) is 0.524. The number of rotatable bonds is 5. The summed E-state index contributed by atoms with van der Waals surface area (Å²) in [6, 6.07) is 7.57. The molecular weight excluding hydrogens is 370 g/mol. The molecule has 0 aliphatic carbocycles. The first-order valence-electron chi connectivity index (χ1n) is 10.2. The Labute approximate surface area is 170 Å². The van der Waals surface area contributed by atoms with E-state index < -0.39 is 0 Å². The molecule has 2 aromatic rings. The van der Waals surface area contributed by atoms with Gasteiger partial charge in [0.2, 0.25) is 5.91 Å². The van der Waals surface area contributed by atoms with Gasteiger partial charge in [0.05, 0.1) is 19.2 Å². The summed E-state index contributed by atoms with van der Waals surface area (Å²) in [7, 11) is 0. The molecule has 3 heterocycles. The number of hydrogen-bond acceptors (Lipinski definition) is 5. The maximum atomic E-state index is 12.9. The highest BCUT2D eigenvalue weighted by molar-refractivity contribution is 5.94. The van der Waals surface area contributed by atoms with Gasteiger partial charge in [-0.05, 0) is 37.5 Å². The van der Waals surface area contributed by atoms with Crippen molar-refractivity contribution in [2.24, 2.45) is 0 Å². The smallest absolute Gasteiger partial charge is 0.254 e. The van der Waals surface area contributed by atoms with E-state index in [0.29, 0.717) is 38.4 Å². The number of amides is 2. The van der Waals surface area contributed by atoms with Gasteiger partial charge in [-0.25, -0.2) is 0 Å². The molecule has 2 amide bonds. The lowest BCUT2D eigenvalue weighted by molar-refractivity contribution is -0.129. The van der Waals surface area contributed by atoms with E-state index in [1.165, 1.54) is 0 Å². The Balaban J connectivity index is 1.46. The second-order valence-corrected chi connectivity index (χ2v) is 7.56. The zero-order valence-corrected chi connectivity index (χ0v) is 17.0. The van der Waals surface area contributed by atoms with Crippen molar-refractivity contribution >= 4 is 11.8 Å². The number of ether oxygens (including phenoxy) is 1. The summed E-state index contributed by atoms with van der Waals surface area (Å²) in [6.07, 6.45) is 1.89. The molecule has 8 nitrogen and oxygen atoms in total. The average molecular weight is 397 g/mol. The van der Waals surface area contributed by atoms with E-state index in [9.17, 15) is 9.59 Å². The monoisotopic (exact) mass is 397 g/mol. The first-order chi connectivity index (χ1) is 14.1. The third kappa shape index (κ3) is 3.89. The van der Waals surface area contributed by atoms with Crippen molar-refractivity contribution in [2.45, 2.75) is 52.4 Å². The van der Waals surface area contributed by atoms with Gasteiger partial charge in [-0.3, -0.25) is 9.59 Å². The number of likely N-dealkylation sites (tertiary alicyclic amines) is 1. The summed E-state index contributed by atoms with van der Waals surface area (Å²) in [5.74, 6) is 1.70. The van der Waals surface area contributed by atoms with Crippen LogP contribution < -0.4 is 0 Å². The highest BCUT2D eigenvalue weighted by Crippen LogP contribution is 2.32. The Hall–Kier alpha value is -2.74. The van der Waals surface area contributed by atoms with Gasteiger partial charge < -0.3 is 19.1 Å². The van der Waals surface area contributed by atoms with Crippen LogP contribution in [-0.2, 0) is 29.2 Å². The van der Waals surface area contributed by atoms with E-state index in [1.807, 2.05) is 41.0 Å². The van der Waals surface area contributed by atoms with Gasteiger partial charge in [0.25, 0.3) is 5.91 Å². The van der Waals surface area contributed by atoms with Crippen molar-refractivity contribution in [1.82, 2.24) is 24.6 Å². The van der Waals surface area contributed by atoms with Gasteiger partial charge in [-0.15, -0.1) is 10.2 Å². The first-order valence-corrected chi connectivity index (χ1v) is 10.2. The van der Waals surface area contributed by atoms with Crippen LogP contribution in [0, 0.1) is 0 Å². The molecule has 4 rings (SSSR count). The van der Waals surface area contributed by atoms with Crippen LogP contribution in [0.4, 0.5) is 0 Å². The van der Waals surface area contributed by atoms with Crippen molar-refractivity contribution in [3.05, 3.63) is 47.0 Å². The third-order valence-corrected chi connectivity index (χ3v) is 5.70. The maximum Gasteiger partial charge on any atom is 0.254 e. The van der Waals surface area contributed by atoms with Crippen LogP contribution in [-0.4, -0.2) is 56.1 Å². The molecular formula is C21H27N5O3. The Bertz CT molecular complexity index is 892. The zero-order valence-electron chi connectivity index (χ0n) is 17.0. The Morgan fingerprint density at radius 2 is 1.93 bits per heavy atom. The van der Waals surface area contributed by atoms with E-state index in [2.05, 4.69) is 14.8 Å². The summed E-state index contributed by atoms with van der Waals surface area (Å²) >= 11 is 0. The maximum absolute atomic E-state index is 12.9. The molecule has 0 bridgehead atoms. The first kappa shape index (κ1) is 19.6. The van der Waals surface area contributed by atoms with Crippen molar-refractivity contribution in [3.63, 3.8) is 0 Å². The molecule has 1 fully saturated rings. The molecule has 1 atom stereocenters.